The Bertz CT molecular complexity index is 366. The van der Waals surface area contributed by atoms with E-state index in [0.29, 0.717) is 13.2 Å². The minimum Gasteiger partial charge on any atom is -0.492 e. The lowest BCUT2D eigenvalue weighted by molar-refractivity contribution is -0.119. The van der Waals surface area contributed by atoms with Crippen LogP contribution in [0.1, 0.15) is 25.3 Å². The molecule has 1 aromatic rings. The molecule has 0 aliphatic heterocycles. The van der Waals surface area contributed by atoms with Gasteiger partial charge in [-0.2, -0.15) is 0 Å². The van der Waals surface area contributed by atoms with E-state index in [2.05, 4.69) is 11.4 Å². The molecule has 1 aromatic carbocycles. The summed E-state index contributed by atoms with van der Waals surface area (Å²) in [5, 5.41) is 11.4. The van der Waals surface area contributed by atoms with E-state index < -0.39 is 0 Å². The quantitative estimate of drug-likeness (QED) is 0.689. The first-order valence-electron chi connectivity index (χ1n) is 6.29. The standard InChI is InChI=1S/C14H21NO3/c1-12(17)15-8-10-18-14-7-4-6-13(11-14)5-2-3-9-16/h4,6-7,11,16H,2-3,5,8-10H2,1H3,(H,15,17). The van der Waals surface area contributed by atoms with Crippen molar-refractivity contribution in [2.24, 2.45) is 0 Å². The number of unbranched alkanes of at least 4 members (excludes halogenated alkanes) is 1. The molecule has 1 amide bonds. The Morgan fingerprint density at radius 1 is 1.39 bits per heavy atom. The molecule has 4 nitrogen and oxygen atoms in total. The Morgan fingerprint density at radius 2 is 2.22 bits per heavy atom. The van der Waals surface area contributed by atoms with Crippen LogP contribution in [-0.2, 0) is 11.2 Å². The second-order valence-electron chi connectivity index (χ2n) is 4.16. The molecule has 0 aromatic heterocycles. The van der Waals surface area contributed by atoms with Gasteiger partial charge in [0.25, 0.3) is 0 Å². The van der Waals surface area contributed by atoms with Gasteiger partial charge >= 0.3 is 0 Å². The molecular formula is C14H21NO3. The molecule has 0 fully saturated rings. The van der Waals surface area contributed by atoms with Gasteiger partial charge in [0.15, 0.2) is 0 Å². The molecule has 4 heteroatoms. The smallest absolute Gasteiger partial charge is 0.216 e. The third-order valence-electron chi connectivity index (χ3n) is 2.52. The number of nitrogens with one attached hydrogen (secondary N) is 1. The number of carbonyl (C=O) groups excluding carboxylic acids is 1. The zero-order valence-electron chi connectivity index (χ0n) is 10.8. The molecule has 0 spiro atoms. The van der Waals surface area contributed by atoms with E-state index in [1.165, 1.54) is 12.5 Å². The molecule has 0 unspecified atom stereocenters. The fourth-order valence-corrected chi connectivity index (χ4v) is 1.63. The summed E-state index contributed by atoms with van der Waals surface area (Å²) in [5.41, 5.74) is 1.21. The fraction of sp³-hybridized carbons (Fsp3) is 0.500. The summed E-state index contributed by atoms with van der Waals surface area (Å²) >= 11 is 0. The summed E-state index contributed by atoms with van der Waals surface area (Å²) in [5.74, 6) is 0.776. The van der Waals surface area contributed by atoms with Crippen LogP contribution < -0.4 is 10.1 Å². The van der Waals surface area contributed by atoms with E-state index in [4.69, 9.17) is 9.84 Å². The summed E-state index contributed by atoms with van der Waals surface area (Å²) in [6.07, 6.45) is 2.75. The maximum Gasteiger partial charge on any atom is 0.216 e. The van der Waals surface area contributed by atoms with Crippen LogP contribution in [0.25, 0.3) is 0 Å². The number of amides is 1. The number of hydrogen-bond donors (Lipinski definition) is 2. The Morgan fingerprint density at radius 3 is 2.94 bits per heavy atom. The van der Waals surface area contributed by atoms with Crippen LogP contribution in [0.3, 0.4) is 0 Å². The number of carbonyl (C=O) groups is 1. The SMILES string of the molecule is CC(=O)NCCOc1cccc(CCCCO)c1. The van der Waals surface area contributed by atoms with Crippen LogP contribution in [0.2, 0.25) is 0 Å². The fourth-order valence-electron chi connectivity index (χ4n) is 1.63. The van der Waals surface area contributed by atoms with Crippen molar-refractivity contribution in [3.63, 3.8) is 0 Å². The van der Waals surface area contributed by atoms with Gasteiger partial charge in [-0.15, -0.1) is 0 Å². The molecule has 0 atom stereocenters. The Kier molecular flexibility index (Phi) is 6.87. The topological polar surface area (TPSA) is 58.6 Å². The van der Waals surface area contributed by atoms with Gasteiger partial charge in [0.05, 0.1) is 6.54 Å². The van der Waals surface area contributed by atoms with Gasteiger partial charge in [0.2, 0.25) is 5.91 Å². The van der Waals surface area contributed by atoms with Crippen LogP contribution in [-0.4, -0.2) is 30.8 Å². The van der Waals surface area contributed by atoms with E-state index in [9.17, 15) is 4.79 Å². The van der Waals surface area contributed by atoms with Crippen molar-refractivity contribution in [2.45, 2.75) is 26.2 Å². The number of aliphatic hydroxyl groups is 1. The molecule has 0 heterocycles. The normalized spacial score (nSPS) is 10.1. The van der Waals surface area contributed by atoms with Crippen molar-refractivity contribution >= 4 is 5.91 Å². The summed E-state index contributed by atoms with van der Waals surface area (Å²) in [6, 6.07) is 7.93. The predicted molar refractivity (Wildman–Crippen MR) is 70.6 cm³/mol. The lowest BCUT2D eigenvalue weighted by Gasteiger charge is -2.08. The number of benzene rings is 1. The van der Waals surface area contributed by atoms with E-state index in [1.54, 1.807) is 0 Å². The average molecular weight is 251 g/mol. The molecule has 0 bridgehead atoms. The molecule has 18 heavy (non-hydrogen) atoms. The molecule has 0 saturated carbocycles. The van der Waals surface area contributed by atoms with Crippen LogP contribution in [0.15, 0.2) is 24.3 Å². The van der Waals surface area contributed by atoms with Gasteiger partial charge in [-0.05, 0) is 37.0 Å². The highest BCUT2D eigenvalue weighted by molar-refractivity contribution is 5.72. The largest absolute Gasteiger partial charge is 0.492 e. The Labute approximate surface area is 108 Å². The second kappa shape index (κ2) is 8.53. The highest BCUT2D eigenvalue weighted by atomic mass is 16.5. The predicted octanol–water partition coefficient (Wildman–Crippen LogP) is 1.52. The molecule has 1 rings (SSSR count). The van der Waals surface area contributed by atoms with Gasteiger partial charge in [0, 0.05) is 13.5 Å². The van der Waals surface area contributed by atoms with Crippen molar-refractivity contribution in [2.75, 3.05) is 19.8 Å². The van der Waals surface area contributed by atoms with Crippen LogP contribution in [0, 0.1) is 0 Å². The van der Waals surface area contributed by atoms with Crippen LogP contribution in [0.5, 0.6) is 5.75 Å². The summed E-state index contributed by atoms with van der Waals surface area (Å²) < 4.78 is 5.54. The highest BCUT2D eigenvalue weighted by Crippen LogP contribution is 2.14. The zero-order chi connectivity index (χ0) is 13.2. The van der Waals surface area contributed by atoms with Crippen molar-refractivity contribution in [1.29, 1.82) is 0 Å². The Balaban J connectivity index is 2.32. The van der Waals surface area contributed by atoms with Crippen molar-refractivity contribution in [3.05, 3.63) is 29.8 Å². The maximum atomic E-state index is 10.7. The van der Waals surface area contributed by atoms with E-state index in [-0.39, 0.29) is 12.5 Å². The van der Waals surface area contributed by atoms with Crippen molar-refractivity contribution in [3.8, 4) is 5.75 Å². The Hall–Kier alpha value is -1.55. The van der Waals surface area contributed by atoms with Crippen molar-refractivity contribution in [1.82, 2.24) is 5.32 Å². The third kappa shape index (κ3) is 6.25. The van der Waals surface area contributed by atoms with Gasteiger partial charge in [0.1, 0.15) is 12.4 Å². The number of rotatable bonds is 8. The molecule has 0 aliphatic carbocycles. The highest BCUT2D eigenvalue weighted by Gasteiger charge is 1.98. The molecule has 100 valence electrons. The third-order valence-corrected chi connectivity index (χ3v) is 2.52. The average Bonchev–Trinajstić information content (AvgIpc) is 2.35. The minimum absolute atomic E-state index is 0.0450. The number of hydrogen-bond acceptors (Lipinski definition) is 3. The van der Waals surface area contributed by atoms with E-state index in [1.807, 2.05) is 18.2 Å². The number of aliphatic hydroxyl groups excluding tert-OH is 1. The van der Waals surface area contributed by atoms with Gasteiger partial charge in [-0.3, -0.25) is 4.79 Å². The lowest BCUT2D eigenvalue weighted by Crippen LogP contribution is -2.25. The molecule has 0 aliphatic rings. The van der Waals surface area contributed by atoms with Crippen LogP contribution in [0.4, 0.5) is 0 Å². The zero-order valence-corrected chi connectivity index (χ0v) is 10.8. The molecule has 2 N–H and O–H groups in total. The monoisotopic (exact) mass is 251 g/mol. The second-order valence-corrected chi connectivity index (χ2v) is 4.16. The van der Waals surface area contributed by atoms with Crippen molar-refractivity contribution < 1.29 is 14.6 Å². The number of aryl methyl sites for hydroxylation is 1. The summed E-state index contributed by atoms with van der Waals surface area (Å²) in [4.78, 5) is 10.7. The van der Waals surface area contributed by atoms with Gasteiger partial charge in [-0.1, -0.05) is 12.1 Å². The van der Waals surface area contributed by atoms with Gasteiger partial charge < -0.3 is 15.2 Å². The summed E-state index contributed by atoms with van der Waals surface area (Å²) in [6.45, 7) is 2.72. The first-order chi connectivity index (χ1) is 8.72. The van der Waals surface area contributed by atoms with E-state index in [0.717, 1.165) is 25.0 Å². The molecular weight excluding hydrogens is 230 g/mol. The summed E-state index contributed by atoms with van der Waals surface area (Å²) in [7, 11) is 0. The minimum atomic E-state index is -0.0450. The van der Waals surface area contributed by atoms with E-state index >= 15 is 0 Å². The van der Waals surface area contributed by atoms with Gasteiger partial charge in [-0.25, -0.2) is 0 Å². The first-order valence-corrected chi connectivity index (χ1v) is 6.29. The molecule has 0 radical (unpaired) electrons. The van der Waals surface area contributed by atoms with Crippen LogP contribution >= 0.6 is 0 Å². The molecule has 0 saturated heterocycles. The first kappa shape index (κ1) is 14.5. The lowest BCUT2D eigenvalue weighted by atomic mass is 10.1. The number of ether oxygens (including phenoxy) is 1. The maximum absolute atomic E-state index is 10.7.